The molecular weight excluding hydrogens is 432 g/mol. The second kappa shape index (κ2) is 10.1. The van der Waals surface area contributed by atoms with Crippen molar-refractivity contribution in [1.82, 2.24) is 10.2 Å². The lowest BCUT2D eigenvalue weighted by molar-refractivity contribution is 0.0912. The van der Waals surface area contributed by atoms with E-state index in [1.165, 1.54) is 11.3 Å². The van der Waals surface area contributed by atoms with Crippen LogP contribution in [0, 0.1) is 0 Å². The molecule has 3 aliphatic rings. The van der Waals surface area contributed by atoms with Gasteiger partial charge >= 0.3 is 0 Å². The number of nitrogens with zero attached hydrogens (tertiary/aromatic N) is 3. The fourth-order valence-electron chi connectivity index (χ4n) is 4.98. The van der Waals surface area contributed by atoms with Crippen molar-refractivity contribution in [1.29, 1.82) is 0 Å². The van der Waals surface area contributed by atoms with Crippen molar-refractivity contribution in [2.24, 2.45) is 0 Å². The minimum atomic E-state index is -0.139. The first-order chi connectivity index (χ1) is 16.6. The number of ether oxygens (including phenoxy) is 3. The van der Waals surface area contributed by atoms with Gasteiger partial charge in [-0.05, 0) is 31.3 Å². The predicted octanol–water partition coefficient (Wildman–Crippen LogP) is 2.02. The Kier molecular flexibility index (Phi) is 6.78. The molecule has 2 fully saturated rings. The maximum Gasteiger partial charge on any atom is 0.255 e. The minimum absolute atomic E-state index is 0.0998. The number of fused-ring (bicyclic) bond motifs is 1. The summed E-state index contributed by atoms with van der Waals surface area (Å²) in [5.74, 6) is 1.37. The van der Waals surface area contributed by atoms with Gasteiger partial charge < -0.3 is 34.2 Å². The molecule has 1 N–H and O–H groups in total. The van der Waals surface area contributed by atoms with E-state index in [4.69, 9.17) is 14.2 Å². The van der Waals surface area contributed by atoms with Gasteiger partial charge in [0.15, 0.2) is 0 Å². The molecule has 3 heterocycles. The number of carbonyl (C=O) groups is 1. The van der Waals surface area contributed by atoms with E-state index < -0.39 is 0 Å². The maximum absolute atomic E-state index is 13.2. The Balaban J connectivity index is 1.29. The zero-order valence-electron chi connectivity index (χ0n) is 20.1. The van der Waals surface area contributed by atoms with Crippen LogP contribution in [0.2, 0.25) is 0 Å². The van der Waals surface area contributed by atoms with Gasteiger partial charge in [-0.3, -0.25) is 4.79 Å². The Morgan fingerprint density at radius 3 is 2.59 bits per heavy atom. The van der Waals surface area contributed by atoms with E-state index in [2.05, 4.69) is 39.2 Å². The van der Waals surface area contributed by atoms with Crippen LogP contribution in [-0.2, 0) is 11.2 Å². The molecule has 0 saturated carbocycles. The number of nitrogens with one attached hydrogen (secondary N) is 1. The number of benzene rings is 2. The number of methoxy groups -OCH3 is 1. The number of hydrogen-bond donors (Lipinski definition) is 1. The number of morpholine rings is 1. The Hall–Kier alpha value is -2.97. The first-order valence-electron chi connectivity index (χ1n) is 12.1. The van der Waals surface area contributed by atoms with Crippen LogP contribution in [0.25, 0.3) is 0 Å². The molecular formula is C26H34N4O4. The normalized spacial score (nSPS) is 20.9. The first-order valence-corrected chi connectivity index (χ1v) is 12.1. The first kappa shape index (κ1) is 22.8. The van der Waals surface area contributed by atoms with Gasteiger partial charge in [-0.2, -0.15) is 0 Å². The summed E-state index contributed by atoms with van der Waals surface area (Å²) >= 11 is 0. The lowest BCUT2D eigenvalue weighted by Gasteiger charge is -2.37. The summed E-state index contributed by atoms with van der Waals surface area (Å²) in [6.45, 7) is 7.64. The lowest BCUT2D eigenvalue weighted by atomic mass is 9.99. The molecule has 0 aromatic heterocycles. The van der Waals surface area contributed by atoms with Crippen LogP contribution < -0.4 is 24.6 Å². The summed E-state index contributed by atoms with van der Waals surface area (Å²) in [5.41, 5.74) is 3.98. The molecule has 0 aliphatic carbocycles. The molecule has 2 aromatic carbocycles. The maximum atomic E-state index is 13.2. The molecule has 1 atom stereocenters. The molecule has 0 spiro atoms. The van der Waals surface area contributed by atoms with Crippen molar-refractivity contribution in [3.8, 4) is 11.5 Å². The molecule has 0 unspecified atom stereocenters. The van der Waals surface area contributed by atoms with Gasteiger partial charge in [0.05, 0.1) is 31.9 Å². The van der Waals surface area contributed by atoms with Gasteiger partial charge in [0.25, 0.3) is 5.91 Å². The van der Waals surface area contributed by atoms with E-state index in [-0.39, 0.29) is 11.9 Å². The lowest BCUT2D eigenvalue weighted by Crippen LogP contribution is -2.46. The van der Waals surface area contributed by atoms with Crippen LogP contribution in [0.1, 0.15) is 15.9 Å². The largest absolute Gasteiger partial charge is 0.496 e. The van der Waals surface area contributed by atoms with Crippen LogP contribution in [0.3, 0.4) is 0 Å². The number of likely N-dealkylation sites (N-methyl/N-ethyl adjacent to an activating group) is 1. The zero-order valence-corrected chi connectivity index (χ0v) is 20.1. The molecule has 8 heteroatoms. The van der Waals surface area contributed by atoms with Crippen molar-refractivity contribution in [2.75, 3.05) is 83.0 Å². The van der Waals surface area contributed by atoms with Crippen LogP contribution in [0.15, 0.2) is 36.4 Å². The molecule has 0 bridgehead atoms. The molecule has 3 aliphatic heterocycles. The summed E-state index contributed by atoms with van der Waals surface area (Å²) in [7, 11) is 3.77. The summed E-state index contributed by atoms with van der Waals surface area (Å²) in [6.07, 6.45) is 0.748. The van der Waals surface area contributed by atoms with Crippen molar-refractivity contribution >= 4 is 17.3 Å². The highest BCUT2D eigenvalue weighted by atomic mass is 16.5. The number of carbonyl (C=O) groups excluding carboxylic acids is 1. The van der Waals surface area contributed by atoms with Crippen molar-refractivity contribution < 1.29 is 19.0 Å². The van der Waals surface area contributed by atoms with Gasteiger partial charge in [-0.1, -0.05) is 6.07 Å². The van der Waals surface area contributed by atoms with Crippen LogP contribution >= 0.6 is 0 Å². The highest BCUT2D eigenvalue weighted by Gasteiger charge is 2.27. The summed E-state index contributed by atoms with van der Waals surface area (Å²) < 4.78 is 17.1. The predicted molar refractivity (Wildman–Crippen MR) is 133 cm³/mol. The number of amides is 1. The number of rotatable bonds is 5. The van der Waals surface area contributed by atoms with Gasteiger partial charge in [0.2, 0.25) is 0 Å². The van der Waals surface area contributed by atoms with E-state index in [1.54, 1.807) is 7.11 Å². The third-order valence-corrected chi connectivity index (χ3v) is 6.98. The Morgan fingerprint density at radius 2 is 1.82 bits per heavy atom. The van der Waals surface area contributed by atoms with Gasteiger partial charge in [0.1, 0.15) is 18.1 Å². The monoisotopic (exact) mass is 466 g/mol. The number of hydrogen-bond acceptors (Lipinski definition) is 7. The van der Waals surface area contributed by atoms with Crippen LogP contribution in [0.4, 0.5) is 11.4 Å². The third-order valence-electron chi connectivity index (χ3n) is 6.98. The average Bonchev–Trinajstić information content (AvgIpc) is 2.89. The average molecular weight is 467 g/mol. The molecule has 1 amide bonds. The van der Waals surface area contributed by atoms with Crippen LogP contribution in [-0.4, -0.2) is 90.1 Å². The second-order valence-corrected chi connectivity index (χ2v) is 9.21. The van der Waals surface area contributed by atoms with Gasteiger partial charge in [0, 0.05) is 68.7 Å². The molecule has 2 aromatic rings. The van der Waals surface area contributed by atoms with Crippen LogP contribution in [0.5, 0.6) is 11.5 Å². The quantitative estimate of drug-likeness (QED) is 0.723. The van der Waals surface area contributed by atoms with E-state index in [0.717, 1.165) is 57.1 Å². The summed E-state index contributed by atoms with van der Waals surface area (Å²) in [4.78, 5) is 20.2. The van der Waals surface area contributed by atoms with Crippen molar-refractivity contribution in [3.63, 3.8) is 0 Å². The second-order valence-electron chi connectivity index (χ2n) is 9.21. The molecule has 34 heavy (non-hydrogen) atoms. The van der Waals surface area contributed by atoms with Gasteiger partial charge in [-0.15, -0.1) is 0 Å². The SMILES string of the molecule is COc1cc(N2CCOCC2)ccc1C(=O)N[C@@H]1COc2cccc(N3CCN(C)CC3)c2C1. The van der Waals surface area contributed by atoms with E-state index in [1.807, 2.05) is 24.3 Å². The Bertz CT molecular complexity index is 1020. The van der Waals surface area contributed by atoms with E-state index >= 15 is 0 Å². The minimum Gasteiger partial charge on any atom is -0.496 e. The standard InChI is InChI=1S/C26H34N4O4/c1-28-8-10-30(11-9-28)23-4-3-5-24-22(23)16-19(18-34-24)27-26(31)21-7-6-20(17-25(21)32-2)29-12-14-33-15-13-29/h3-7,17,19H,8-16,18H2,1-2H3,(H,27,31)/t19-/m0/s1. The smallest absolute Gasteiger partial charge is 0.255 e. The van der Waals surface area contributed by atoms with Crippen molar-refractivity contribution in [2.45, 2.75) is 12.5 Å². The number of piperazine rings is 1. The molecule has 2 saturated heterocycles. The topological polar surface area (TPSA) is 66.5 Å². The fraction of sp³-hybridized carbons (Fsp3) is 0.500. The fourth-order valence-corrected chi connectivity index (χ4v) is 4.98. The molecule has 182 valence electrons. The highest BCUT2D eigenvalue weighted by molar-refractivity contribution is 5.97. The number of anilines is 2. The van der Waals surface area contributed by atoms with E-state index in [0.29, 0.717) is 31.1 Å². The van der Waals surface area contributed by atoms with Crippen molar-refractivity contribution in [3.05, 3.63) is 47.5 Å². The molecule has 5 rings (SSSR count). The molecule has 8 nitrogen and oxygen atoms in total. The van der Waals surface area contributed by atoms with E-state index in [9.17, 15) is 4.79 Å². The Morgan fingerprint density at radius 1 is 1.03 bits per heavy atom. The molecule has 0 radical (unpaired) electrons. The highest BCUT2D eigenvalue weighted by Crippen LogP contribution is 2.34. The Labute approximate surface area is 201 Å². The third kappa shape index (κ3) is 4.79. The summed E-state index contributed by atoms with van der Waals surface area (Å²) in [5, 5.41) is 3.18. The van der Waals surface area contributed by atoms with Gasteiger partial charge in [-0.25, -0.2) is 0 Å². The zero-order chi connectivity index (χ0) is 23.5. The summed E-state index contributed by atoms with van der Waals surface area (Å²) in [6, 6.07) is 11.9.